The van der Waals surface area contributed by atoms with E-state index in [1.165, 1.54) is 0 Å². The summed E-state index contributed by atoms with van der Waals surface area (Å²) in [5.74, 6) is -0.0492. The Kier molecular flexibility index (Phi) is 4.36. The monoisotopic (exact) mass is 333 g/mol. The fraction of sp³-hybridized carbons (Fsp3) is 0.0667. The molecule has 0 amide bonds. The van der Waals surface area contributed by atoms with Gasteiger partial charge in [-0.25, -0.2) is 0 Å². The van der Waals surface area contributed by atoms with Crippen molar-refractivity contribution in [2.45, 2.75) is 4.83 Å². The van der Waals surface area contributed by atoms with Gasteiger partial charge in [0.2, 0.25) is 0 Å². The molecule has 1 atom stereocenters. The molecule has 2 aromatic rings. The molecule has 4 heteroatoms. The molecule has 0 saturated heterocycles. The van der Waals surface area contributed by atoms with E-state index in [0.29, 0.717) is 16.1 Å². The van der Waals surface area contributed by atoms with Crippen LogP contribution < -0.4 is 0 Å². The van der Waals surface area contributed by atoms with Crippen molar-refractivity contribution >= 4 is 33.3 Å². The van der Waals surface area contributed by atoms with Crippen LogP contribution in [0.5, 0.6) is 0 Å². The molecular formula is C15H9BrClNO. The molecule has 0 aliphatic carbocycles. The minimum Gasteiger partial charge on any atom is -0.293 e. The van der Waals surface area contributed by atoms with Gasteiger partial charge in [0.15, 0.2) is 5.78 Å². The average molecular weight is 335 g/mol. The molecule has 0 heterocycles. The third-order valence-corrected chi connectivity index (χ3v) is 3.89. The predicted molar refractivity (Wildman–Crippen MR) is 78.6 cm³/mol. The third-order valence-electron chi connectivity index (χ3n) is 2.69. The molecule has 0 radical (unpaired) electrons. The van der Waals surface area contributed by atoms with Crippen molar-refractivity contribution in [1.82, 2.24) is 0 Å². The van der Waals surface area contributed by atoms with E-state index in [9.17, 15) is 4.79 Å². The minimum atomic E-state index is -0.419. The molecule has 0 spiro atoms. The van der Waals surface area contributed by atoms with E-state index >= 15 is 0 Å². The summed E-state index contributed by atoms with van der Waals surface area (Å²) >= 11 is 9.21. The fourth-order valence-electron chi connectivity index (χ4n) is 1.64. The molecule has 94 valence electrons. The summed E-state index contributed by atoms with van der Waals surface area (Å²) in [6, 6.07) is 15.7. The summed E-state index contributed by atoms with van der Waals surface area (Å²) in [6.07, 6.45) is 0. The van der Waals surface area contributed by atoms with Crippen LogP contribution in [0.4, 0.5) is 0 Å². The van der Waals surface area contributed by atoms with Gasteiger partial charge >= 0.3 is 0 Å². The van der Waals surface area contributed by atoms with Gasteiger partial charge in [0.05, 0.1) is 11.6 Å². The van der Waals surface area contributed by atoms with Gasteiger partial charge in [-0.3, -0.25) is 4.79 Å². The number of ketones is 1. The number of hydrogen-bond acceptors (Lipinski definition) is 2. The van der Waals surface area contributed by atoms with Crippen LogP contribution in [0.2, 0.25) is 5.02 Å². The first-order chi connectivity index (χ1) is 9.11. The highest BCUT2D eigenvalue weighted by Gasteiger charge is 2.18. The highest BCUT2D eigenvalue weighted by atomic mass is 79.9. The van der Waals surface area contributed by atoms with Gasteiger partial charge in [0, 0.05) is 10.6 Å². The van der Waals surface area contributed by atoms with Crippen molar-refractivity contribution in [2.75, 3.05) is 0 Å². The molecule has 1 unspecified atom stereocenters. The second kappa shape index (κ2) is 6.01. The zero-order chi connectivity index (χ0) is 13.8. The Morgan fingerprint density at radius 3 is 2.21 bits per heavy atom. The highest BCUT2D eigenvalue weighted by molar-refractivity contribution is 9.09. The summed E-state index contributed by atoms with van der Waals surface area (Å²) in [5, 5.41) is 9.36. The Hall–Kier alpha value is -1.63. The number of nitriles is 1. The summed E-state index contributed by atoms with van der Waals surface area (Å²) in [4.78, 5) is 11.8. The Morgan fingerprint density at radius 1 is 1.11 bits per heavy atom. The van der Waals surface area contributed by atoms with Crippen LogP contribution in [0, 0.1) is 11.3 Å². The molecule has 0 aliphatic rings. The average Bonchev–Trinajstić information content (AvgIpc) is 2.46. The van der Waals surface area contributed by atoms with Crippen LogP contribution in [-0.2, 0) is 0 Å². The van der Waals surface area contributed by atoms with Crippen LogP contribution in [0.3, 0.4) is 0 Å². The Bertz CT molecular complexity index is 629. The lowest BCUT2D eigenvalue weighted by molar-refractivity contribution is 0.0991. The maximum Gasteiger partial charge on any atom is 0.180 e. The Balaban J connectivity index is 2.23. The number of alkyl halides is 1. The van der Waals surface area contributed by atoms with Gasteiger partial charge < -0.3 is 0 Å². The first-order valence-electron chi connectivity index (χ1n) is 5.56. The van der Waals surface area contributed by atoms with E-state index in [2.05, 4.69) is 15.9 Å². The van der Waals surface area contributed by atoms with Gasteiger partial charge in [-0.1, -0.05) is 51.8 Å². The first-order valence-corrected chi connectivity index (χ1v) is 6.85. The zero-order valence-electron chi connectivity index (χ0n) is 9.81. The molecule has 2 aromatic carbocycles. The topological polar surface area (TPSA) is 40.9 Å². The van der Waals surface area contributed by atoms with Crippen molar-refractivity contribution in [1.29, 1.82) is 5.26 Å². The molecular weight excluding hydrogens is 326 g/mol. The van der Waals surface area contributed by atoms with Crippen molar-refractivity contribution in [2.24, 2.45) is 0 Å². The largest absolute Gasteiger partial charge is 0.293 e. The van der Waals surface area contributed by atoms with Gasteiger partial charge in [-0.2, -0.15) is 5.26 Å². The van der Waals surface area contributed by atoms with E-state index < -0.39 is 4.83 Å². The molecule has 0 aliphatic heterocycles. The van der Waals surface area contributed by atoms with Gasteiger partial charge in [0.25, 0.3) is 0 Å². The van der Waals surface area contributed by atoms with E-state index in [-0.39, 0.29) is 5.78 Å². The number of carbonyl (C=O) groups excluding carboxylic acids is 1. The smallest absolute Gasteiger partial charge is 0.180 e. The van der Waals surface area contributed by atoms with Crippen molar-refractivity contribution in [3.63, 3.8) is 0 Å². The maximum absolute atomic E-state index is 12.3. The number of hydrogen-bond donors (Lipinski definition) is 0. The number of nitrogens with zero attached hydrogens (tertiary/aromatic N) is 1. The molecule has 0 saturated carbocycles. The summed E-state index contributed by atoms with van der Waals surface area (Å²) in [7, 11) is 0. The lowest BCUT2D eigenvalue weighted by Gasteiger charge is -2.09. The summed E-state index contributed by atoms with van der Waals surface area (Å²) in [5.41, 5.74) is 1.95. The minimum absolute atomic E-state index is 0.0492. The van der Waals surface area contributed by atoms with E-state index in [0.717, 1.165) is 5.56 Å². The van der Waals surface area contributed by atoms with Crippen LogP contribution in [0.1, 0.15) is 26.3 Å². The van der Waals surface area contributed by atoms with Crippen LogP contribution in [-0.4, -0.2) is 5.78 Å². The summed E-state index contributed by atoms with van der Waals surface area (Å²) in [6.45, 7) is 0. The van der Waals surface area contributed by atoms with Crippen LogP contribution in [0.25, 0.3) is 0 Å². The quantitative estimate of drug-likeness (QED) is 0.611. The number of halogens is 2. The summed E-state index contributed by atoms with van der Waals surface area (Å²) < 4.78 is 0. The lowest BCUT2D eigenvalue weighted by Crippen LogP contribution is -2.06. The van der Waals surface area contributed by atoms with Gasteiger partial charge in [-0.15, -0.1) is 0 Å². The van der Waals surface area contributed by atoms with Crippen LogP contribution >= 0.6 is 27.5 Å². The van der Waals surface area contributed by atoms with E-state index in [1.54, 1.807) is 36.4 Å². The lowest BCUT2D eigenvalue weighted by atomic mass is 10.0. The van der Waals surface area contributed by atoms with Crippen molar-refractivity contribution in [3.8, 4) is 6.07 Å². The standard InChI is InChI=1S/C15H9BrClNO/c16-14(11-5-7-13(17)8-6-11)15(19)12-3-1-10(9-18)2-4-12/h1-8,14H. The zero-order valence-corrected chi connectivity index (χ0v) is 12.1. The van der Waals surface area contributed by atoms with Gasteiger partial charge in [-0.05, 0) is 29.8 Å². The van der Waals surface area contributed by atoms with Gasteiger partial charge in [0.1, 0.15) is 4.83 Å². The number of benzene rings is 2. The number of rotatable bonds is 3. The molecule has 0 N–H and O–H groups in total. The Morgan fingerprint density at radius 2 is 1.68 bits per heavy atom. The molecule has 2 rings (SSSR count). The second-order valence-corrected chi connectivity index (χ2v) is 5.32. The normalized spacial score (nSPS) is 11.6. The third kappa shape index (κ3) is 3.23. The van der Waals surface area contributed by atoms with Crippen LogP contribution in [0.15, 0.2) is 48.5 Å². The second-order valence-electron chi connectivity index (χ2n) is 3.97. The predicted octanol–water partition coefficient (Wildman–Crippen LogP) is 4.53. The molecule has 19 heavy (non-hydrogen) atoms. The van der Waals surface area contributed by atoms with Crippen molar-refractivity contribution in [3.05, 3.63) is 70.2 Å². The number of Topliss-reactive ketones (excluding diaryl/α,β-unsaturated/α-hetero) is 1. The fourth-order valence-corrected chi connectivity index (χ4v) is 2.33. The molecule has 0 aromatic heterocycles. The molecule has 0 bridgehead atoms. The maximum atomic E-state index is 12.3. The highest BCUT2D eigenvalue weighted by Crippen LogP contribution is 2.28. The number of carbonyl (C=O) groups is 1. The molecule has 0 fully saturated rings. The SMILES string of the molecule is N#Cc1ccc(C(=O)C(Br)c2ccc(Cl)cc2)cc1. The van der Waals surface area contributed by atoms with E-state index in [1.807, 2.05) is 18.2 Å². The Labute approximate surface area is 124 Å². The van der Waals surface area contributed by atoms with Crippen molar-refractivity contribution < 1.29 is 4.79 Å². The first kappa shape index (κ1) is 13.8. The van der Waals surface area contributed by atoms with E-state index in [4.69, 9.17) is 16.9 Å². The molecule has 2 nitrogen and oxygen atoms in total.